The molecule has 0 amide bonds. The van der Waals surface area contributed by atoms with Crippen LogP contribution < -0.4 is 4.61 Å². The second-order valence-electron chi connectivity index (χ2n) is 1.86. The van der Waals surface area contributed by atoms with E-state index in [-0.39, 0.29) is 5.78 Å². The fourth-order valence-corrected chi connectivity index (χ4v) is 1.04. The van der Waals surface area contributed by atoms with Crippen LogP contribution in [-0.2, 0) is 0 Å². The van der Waals surface area contributed by atoms with Crippen molar-refractivity contribution in [1.82, 2.24) is 9.97 Å². The molecule has 1 unspecified atom stereocenters. The number of rotatable bonds is 1. The van der Waals surface area contributed by atoms with Crippen LogP contribution in [0.25, 0.3) is 0 Å². The number of nitrogens with zero attached hydrogens (tertiary/aromatic N) is 2. The van der Waals surface area contributed by atoms with Crippen molar-refractivity contribution in [1.29, 1.82) is 0 Å². The molecule has 0 aromatic carbocycles. The van der Waals surface area contributed by atoms with Gasteiger partial charge in [0.15, 0.2) is 0 Å². The third-order valence-electron chi connectivity index (χ3n) is 1.03. The Hall–Kier alpha value is -0.692. The fraction of sp³-hybridized carbons (Fsp3) is 0.167. The summed E-state index contributed by atoms with van der Waals surface area (Å²) in [6.07, 6.45) is 1.60. The summed E-state index contributed by atoms with van der Waals surface area (Å²) in [5.41, 5.74) is 0.495. The normalized spacial score (nSPS) is 9.40. The Labute approximate surface area is 67.4 Å². The average Bonchev–Trinajstić information content (AvgIpc) is 1.88. The van der Waals surface area contributed by atoms with Gasteiger partial charge in [-0.1, -0.05) is 0 Å². The molecule has 0 spiro atoms. The first-order valence-electron chi connectivity index (χ1n) is 2.79. The van der Waals surface area contributed by atoms with Crippen LogP contribution in [-0.4, -0.2) is 32.6 Å². The molecule has 1 aromatic heterocycles. The Morgan fingerprint density at radius 3 is 2.80 bits per heavy atom. The van der Waals surface area contributed by atoms with Crippen molar-refractivity contribution in [3.05, 3.63) is 18.0 Å². The van der Waals surface area contributed by atoms with Gasteiger partial charge in [0, 0.05) is 0 Å². The fourth-order valence-electron chi connectivity index (χ4n) is 0.570. The van der Waals surface area contributed by atoms with E-state index in [0.717, 1.165) is 0 Å². The van der Waals surface area contributed by atoms with Crippen molar-refractivity contribution in [3.63, 3.8) is 0 Å². The predicted molar refractivity (Wildman–Crippen MR) is 40.2 cm³/mol. The van der Waals surface area contributed by atoms with Crippen LogP contribution in [0.1, 0.15) is 17.4 Å². The second kappa shape index (κ2) is 2.93. The summed E-state index contributed by atoms with van der Waals surface area (Å²) in [7, 11) is 0. The topological polar surface area (TPSA) is 42.9 Å². The summed E-state index contributed by atoms with van der Waals surface area (Å²) in [5.74, 6) is -0.0127. The van der Waals surface area contributed by atoms with Crippen molar-refractivity contribution in [3.8, 4) is 0 Å². The molecule has 4 heteroatoms. The number of carbonyl (C=O) groups excluding carboxylic acids is 1. The third kappa shape index (κ3) is 1.64. The Bertz CT molecular complexity index is 262. The van der Waals surface area contributed by atoms with Crippen molar-refractivity contribution < 1.29 is 4.79 Å². The zero-order valence-electron chi connectivity index (χ0n) is 5.53. The monoisotopic (exact) mass is 198 g/mol. The number of carbonyl (C=O) groups is 1. The van der Waals surface area contributed by atoms with Gasteiger partial charge in [0.25, 0.3) is 0 Å². The van der Waals surface area contributed by atoms with Crippen molar-refractivity contribution in [2.75, 3.05) is 0 Å². The third-order valence-corrected chi connectivity index (χ3v) is 1.62. The van der Waals surface area contributed by atoms with Crippen LogP contribution in [0, 0.1) is 0 Å². The van der Waals surface area contributed by atoms with Crippen LogP contribution in [0.4, 0.5) is 0 Å². The minimum atomic E-state index is -0.0127. The second-order valence-corrected chi connectivity index (χ2v) is 2.94. The summed E-state index contributed by atoms with van der Waals surface area (Å²) in [6.45, 7) is 1.49. The van der Waals surface area contributed by atoms with E-state index in [1.165, 1.54) is 23.8 Å². The van der Waals surface area contributed by atoms with Gasteiger partial charge in [0.05, 0.1) is 0 Å². The minimum absolute atomic E-state index is 0.0127. The number of hydrogen-bond donors (Lipinski definition) is 0. The van der Waals surface area contributed by atoms with Gasteiger partial charge in [0.1, 0.15) is 0 Å². The molecule has 0 aliphatic carbocycles. The Morgan fingerprint density at radius 1 is 1.70 bits per heavy atom. The van der Waals surface area contributed by atoms with Gasteiger partial charge < -0.3 is 0 Å². The van der Waals surface area contributed by atoms with Crippen LogP contribution in [0.5, 0.6) is 0 Å². The summed E-state index contributed by atoms with van der Waals surface area (Å²) in [4.78, 5) is 18.5. The first kappa shape index (κ1) is 7.42. The summed E-state index contributed by atoms with van der Waals surface area (Å²) >= 11 is 1.32. The molecule has 0 N–H and O–H groups in total. The van der Waals surface area contributed by atoms with E-state index >= 15 is 0 Å². The van der Waals surface area contributed by atoms with E-state index in [9.17, 15) is 4.79 Å². The van der Waals surface area contributed by atoms with Crippen molar-refractivity contribution in [2.24, 2.45) is 0 Å². The van der Waals surface area contributed by atoms with Crippen molar-refractivity contribution >= 4 is 27.2 Å². The van der Waals surface area contributed by atoms with E-state index in [4.69, 9.17) is 0 Å². The molecule has 0 saturated carbocycles. The van der Waals surface area contributed by atoms with Crippen LogP contribution in [0.15, 0.2) is 12.3 Å². The molecule has 1 heterocycles. The Balaban J connectivity index is 3.07. The van der Waals surface area contributed by atoms with Gasteiger partial charge in [-0.25, -0.2) is 0 Å². The molecule has 1 rings (SSSR count). The van der Waals surface area contributed by atoms with E-state index in [1.54, 1.807) is 12.3 Å². The molecule has 3 nitrogen and oxygen atoms in total. The SMILES string of the molecule is CC(=O)c1ccnc([AsH2])n1. The van der Waals surface area contributed by atoms with Gasteiger partial charge >= 0.3 is 66.9 Å². The number of Topliss-reactive ketones (excluding diaryl/α,β-unsaturated/α-hetero) is 1. The predicted octanol–water partition coefficient (Wildman–Crippen LogP) is -1.06. The first-order chi connectivity index (χ1) is 4.70. The van der Waals surface area contributed by atoms with E-state index in [1.807, 2.05) is 0 Å². The van der Waals surface area contributed by atoms with Crippen LogP contribution in [0.2, 0.25) is 0 Å². The summed E-state index contributed by atoms with van der Waals surface area (Å²) in [5, 5.41) is 0. The molecule has 52 valence electrons. The maximum atomic E-state index is 10.7. The molecule has 0 aliphatic rings. The van der Waals surface area contributed by atoms with E-state index in [0.29, 0.717) is 10.3 Å². The molecule has 0 radical (unpaired) electrons. The summed E-state index contributed by atoms with van der Waals surface area (Å²) in [6, 6.07) is 1.62. The number of hydrogen-bond acceptors (Lipinski definition) is 3. The molecule has 1 aromatic rings. The molecule has 10 heavy (non-hydrogen) atoms. The molecular formula is C6H7AsN2O. The Morgan fingerprint density at radius 2 is 2.40 bits per heavy atom. The van der Waals surface area contributed by atoms with E-state index in [2.05, 4.69) is 9.97 Å². The molecule has 0 bridgehead atoms. The quantitative estimate of drug-likeness (QED) is 0.426. The molecule has 0 aliphatic heterocycles. The molecular weight excluding hydrogens is 191 g/mol. The van der Waals surface area contributed by atoms with Crippen LogP contribution in [0.3, 0.4) is 0 Å². The maximum absolute atomic E-state index is 10.7. The van der Waals surface area contributed by atoms with Gasteiger partial charge in [0.2, 0.25) is 0 Å². The zero-order valence-corrected chi connectivity index (χ0v) is 7.96. The van der Waals surface area contributed by atoms with Gasteiger partial charge in [-0.15, -0.1) is 0 Å². The van der Waals surface area contributed by atoms with Crippen molar-refractivity contribution in [2.45, 2.75) is 6.92 Å². The van der Waals surface area contributed by atoms with Gasteiger partial charge in [-0.3, -0.25) is 0 Å². The van der Waals surface area contributed by atoms with Gasteiger partial charge in [-0.2, -0.15) is 0 Å². The first-order valence-corrected chi connectivity index (χ1v) is 4.01. The molecule has 1 atom stereocenters. The van der Waals surface area contributed by atoms with Crippen LogP contribution >= 0.6 is 0 Å². The molecule has 0 saturated heterocycles. The zero-order chi connectivity index (χ0) is 7.56. The standard InChI is InChI=1S/C6H7AsN2O/c1-4(10)5-2-3-8-6(7)9-5/h2-3H,7H2,1H3. The summed E-state index contributed by atoms with van der Waals surface area (Å²) < 4.78 is 0.695. The molecule has 0 fully saturated rings. The number of ketones is 1. The number of aromatic nitrogens is 2. The Kier molecular flexibility index (Phi) is 2.17. The van der Waals surface area contributed by atoms with E-state index < -0.39 is 0 Å². The van der Waals surface area contributed by atoms with Gasteiger partial charge in [-0.05, 0) is 0 Å². The average molecular weight is 198 g/mol.